The highest BCUT2D eigenvalue weighted by Gasteiger charge is 2.20. The number of aromatic nitrogens is 1. The summed E-state index contributed by atoms with van der Waals surface area (Å²) in [5.41, 5.74) is 4.60. The Morgan fingerprint density at radius 1 is 1.09 bits per heavy atom. The van der Waals surface area contributed by atoms with Crippen LogP contribution in [0.4, 0.5) is 0 Å². The first-order chi connectivity index (χ1) is 15.6. The molecule has 2 amide bonds. The van der Waals surface area contributed by atoms with Crippen LogP contribution in [0, 0.1) is 0 Å². The fourth-order valence-electron chi connectivity index (χ4n) is 4.02. The van der Waals surface area contributed by atoms with Gasteiger partial charge in [0, 0.05) is 55.1 Å². The lowest BCUT2D eigenvalue weighted by Gasteiger charge is -2.26. The van der Waals surface area contributed by atoms with E-state index in [1.54, 1.807) is 0 Å². The SMILES string of the molecule is CCOc1ccc(CNC(=O)CCC(=O)N2CC=C(c3c[nH]c4ccccc34)CC2)cc1. The number of hydrogen-bond donors (Lipinski definition) is 2. The molecule has 166 valence electrons. The summed E-state index contributed by atoms with van der Waals surface area (Å²) in [6.45, 7) is 4.28. The second-order valence-electron chi connectivity index (χ2n) is 7.92. The van der Waals surface area contributed by atoms with Crippen molar-refractivity contribution in [1.82, 2.24) is 15.2 Å². The van der Waals surface area contributed by atoms with Gasteiger partial charge in [-0.25, -0.2) is 0 Å². The molecule has 3 aromatic rings. The number of benzene rings is 2. The molecule has 1 aliphatic heterocycles. The van der Waals surface area contributed by atoms with E-state index in [9.17, 15) is 9.59 Å². The zero-order chi connectivity index (χ0) is 22.3. The molecule has 0 radical (unpaired) electrons. The second-order valence-corrected chi connectivity index (χ2v) is 7.92. The Labute approximate surface area is 188 Å². The Morgan fingerprint density at radius 3 is 2.66 bits per heavy atom. The number of rotatable bonds is 8. The number of para-hydroxylation sites is 1. The van der Waals surface area contributed by atoms with Crippen molar-refractivity contribution in [2.45, 2.75) is 32.7 Å². The van der Waals surface area contributed by atoms with Crippen LogP contribution in [0.25, 0.3) is 16.5 Å². The van der Waals surface area contributed by atoms with Gasteiger partial charge in [-0.3, -0.25) is 9.59 Å². The molecule has 0 bridgehead atoms. The Balaban J connectivity index is 1.23. The number of carbonyl (C=O) groups is 2. The molecule has 1 aliphatic rings. The summed E-state index contributed by atoms with van der Waals surface area (Å²) in [5.74, 6) is 0.728. The van der Waals surface area contributed by atoms with E-state index in [1.165, 1.54) is 16.5 Å². The van der Waals surface area contributed by atoms with Gasteiger partial charge in [0.25, 0.3) is 0 Å². The maximum atomic E-state index is 12.6. The van der Waals surface area contributed by atoms with Gasteiger partial charge in [-0.1, -0.05) is 36.4 Å². The van der Waals surface area contributed by atoms with Gasteiger partial charge in [0.2, 0.25) is 11.8 Å². The molecule has 0 spiro atoms. The summed E-state index contributed by atoms with van der Waals surface area (Å²) in [5, 5.41) is 4.10. The summed E-state index contributed by atoms with van der Waals surface area (Å²) < 4.78 is 5.42. The van der Waals surface area contributed by atoms with E-state index in [0.717, 1.165) is 23.3 Å². The number of ether oxygens (including phenoxy) is 1. The zero-order valence-corrected chi connectivity index (χ0v) is 18.4. The molecule has 2 heterocycles. The van der Waals surface area contributed by atoms with E-state index < -0.39 is 0 Å². The zero-order valence-electron chi connectivity index (χ0n) is 18.4. The summed E-state index contributed by atoms with van der Waals surface area (Å²) in [6, 6.07) is 15.9. The molecular weight excluding hydrogens is 402 g/mol. The van der Waals surface area contributed by atoms with Crippen molar-refractivity contribution in [1.29, 1.82) is 0 Å². The molecule has 2 N–H and O–H groups in total. The lowest BCUT2D eigenvalue weighted by atomic mass is 9.98. The Bertz CT molecular complexity index is 1110. The van der Waals surface area contributed by atoms with Crippen molar-refractivity contribution >= 4 is 28.3 Å². The highest BCUT2D eigenvalue weighted by Crippen LogP contribution is 2.29. The largest absolute Gasteiger partial charge is 0.494 e. The van der Waals surface area contributed by atoms with Crippen molar-refractivity contribution in [3.05, 3.63) is 71.9 Å². The first kappa shape index (κ1) is 21.7. The minimum absolute atomic E-state index is 0.0236. The second kappa shape index (κ2) is 10.2. The minimum atomic E-state index is -0.112. The Morgan fingerprint density at radius 2 is 1.91 bits per heavy atom. The molecule has 2 aromatic carbocycles. The summed E-state index contributed by atoms with van der Waals surface area (Å²) in [6.07, 6.45) is 5.42. The van der Waals surface area contributed by atoms with Crippen LogP contribution in [-0.2, 0) is 16.1 Å². The molecule has 32 heavy (non-hydrogen) atoms. The lowest BCUT2D eigenvalue weighted by molar-refractivity contribution is -0.133. The number of fused-ring (bicyclic) bond motifs is 1. The van der Waals surface area contributed by atoms with Gasteiger partial charge in [-0.2, -0.15) is 0 Å². The molecule has 4 rings (SSSR count). The molecule has 0 saturated heterocycles. The topological polar surface area (TPSA) is 74.4 Å². The summed E-state index contributed by atoms with van der Waals surface area (Å²) >= 11 is 0. The highest BCUT2D eigenvalue weighted by molar-refractivity contribution is 5.93. The lowest BCUT2D eigenvalue weighted by Crippen LogP contribution is -2.35. The molecule has 0 atom stereocenters. The van der Waals surface area contributed by atoms with Gasteiger partial charge in [0.1, 0.15) is 5.75 Å². The molecule has 6 heteroatoms. The van der Waals surface area contributed by atoms with E-state index in [1.807, 2.05) is 54.4 Å². The number of H-pyrrole nitrogens is 1. The van der Waals surface area contributed by atoms with E-state index in [0.29, 0.717) is 26.2 Å². The van der Waals surface area contributed by atoms with Gasteiger partial charge in [-0.15, -0.1) is 0 Å². The molecule has 1 aromatic heterocycles. The summed E-state index contributed by atoms with van der Waals surface area (Å²) in [4.78, 5) is 29.9. The van der Waals surface area contributed by atoms with Gasteiger partial charge < -0.3 is 19.9 Å². The van der Waals surface area contributed by atoms with Crippen molar-refractivity contribution in [3.8, 4) is 5.75 Å². The van der Waals surface area contributed by atoms with Crippen LogP contribution in [0.3, 0.4) is 0 Å². The predicted octanol–water partition coefficient (Wildman–Crippen LogP) is 4.28. The third kappa shape index (κ3) is 5.19. The maximum Gasteiger partial charge on any atom is 0.223 e. The number of nitrogens with one attached hydrogen (secondary N) is 2. The van der Waals surface area contributed by atoms with Crippen molar-refractivity contribution in [2.24, 2.45) is 0 Å². The number of nitrogens with zero attached hydrogens (tertiary/aromatic N) is 1. The molecular formula is C26H29N3O3. The van der Waals surface area contributed by atoms with Crippen LogP contribution in [0.5, 0.6) is 5.75 Å². The van der Waals surface area contributed by atoms with E-state index in [2.05, 4.69) is 28.5 Å². The fourth-order valence-corrected chi connectivity index (χ4v) is 4.02. The van der Waals surface area contributed by atoms with Gasteiger partial charge in [-0.05, 0) is 42.7 Å². The number of amides is 2. The fraction of sp³-hybridized carbons (Fsp3) is 0.308. The molecule has 0 fully saturated rings. The minimum Gasteiger partial charge on any atom is -0.494 e. The van der Waals surface area contributed by atoms with E-state index in [4.69, 9.17) is 4.74 Å². The Kier molecular flexibility index (Phi) is 6.90. The predicted molar refractivity (Wildman–Crippen MR) is 126 cm³/mol. The van der Waals surface area contributed by atoms with Crippen LogP contribution in [0.1, 0.15) is 37.3 Å². The molecule has 0 saturated carbocycles. The molecule has 0 aliphatic carbocycles. The number of aromatic amines is 1. The maximum absolute atomic E-state index is 12.6. The normalized spacial score (nSPS) is 13.7. The average Bonchev–Trinajstić information content (AvgIpc) is 3.26. The number of hydrogen-bond acceptors (Lipinski definition) is 3. The first-order valence-corrected chi connectivity index (χ1v) is 11.2. The Hall–Kier alpha value is -3.54. The molecule has 6 nitrogen and oxygen atoms in total. The summed E-state index contributed by atoms with van der Waals surface area (Å²) in [7, 11) is 0. The van der Waals surface area contributed by atoms with Crippen LogP contribution < -0.4 is 10.1 Å². The average molecular weight is 432 g/mol. The van der Waals surface area contributed by atoms with Gasteiger partial charge in [0.05, 0.1) is 6.61 Å². The molecule has 0 unspecified atom stereocenters. The van der Waals surface area contributed by atoms with Crippen LogP contribution in [0.15, 0.2) is 60.8 Å². The monoisotopic (exact) mass is 431 g/mol. The van der Waals surface area contributed by atoms with Crippen LogP contribution >= 0.6 is 0 Å². The quantitative estimate of drug-likeness (QED) is 0.559. The highest BCUT2D eigenvalue weighted by atomic mass is 16.5. The van der Waals surface area contributed by atoms with E-state index >= 15 is 0 Å². The van der Waals surface area contributed by atoms with Crippen molar-refractivity contribution in [2.75, 3.05) is 19.7 Å². The van der Waals surface area contributed by atoms with Crippen LogP contribution in [-0.4, -0.2) is 41.4 Å². The third-order valence-corrected chi connectivity index (χ3v) is 5.79. The smallest absolute Gasteiger partial charge is 0.223 e. The van der Waals surface area contributed by atoms with Gasteiger partial charge >= 0.3 is 0 Å². The van der Waals surface area contributed by atoms with Gasteiger partial charge in [0.15, 0.2) is 0 Å². The van der Waals surface area contributed by atoms with Crippen LogP contribution in [0.2, 0.25) is 0 Å². The first-order valence-electron chi connectivity index (χ1n) is 11.2. The van der Waals surface area contributed by atoms with Crippen molar-refractivity contribution < 1.29 is 14.3 Å². The van der Waals surface area contributed by atoms with E-state index in [-0.39, 0.29) is 24.7 Å². The standard InChI is InChI=1S/C26H29N3O3/c1-2-32-21-9-7-19(8-10-21)17-28-25(30)11-12-26(31)29-15-13-20(14-16-29)23-18-27-24-6-4-3-5-22(23)24/h3-10,13,18,27H,2,11-12,14-17H2,1H3,(H,28,30). The number of carbonyl (C=O) groups excluding carboxylic acids is 2. The third-order valence-electron chi connectivity index (χ3n) is 5.79. The van der Waals surface area contributed by atoms with Crippen molar-refractivity contribution in [3.63, 3.8) is 0 Å².